The fourth-order valence-corrected chi connectivity index (χ4v) is 6.51. The molecule has 176 valence electrons. The van der Waals surface area contributed by atoms with Gasteiger partial charge in [-0.3, -0.25) is 0 Å². The molecule has 1 aliphatic heterocycles. The minimum atomic E-state index is -2.56. The van der Waals surface area contributed by atoms with Crippen molar-refractivity contribution in [1.29, 1.82) is 0 Å². The molecule has 1 saturated heterocycles. The molecule has 3 aliphatic rings. The summed E-state index contributed by atoms with van der Waals surface area (Å²) in [5.41, 5.74) is 1.70. The monoisotopic (exact) mass is 474 g/mol. The molecule has 2 saturated carbocycles. The normalized spacial score (nSPS) is 28.5. The van der Waals surface area contributed by atoms with E-state index in [1.54, 1.807) is 16.0 Å². The lowest BCUT2D eigenvalue weighted by molar-refractivity contribution is 0.00294. The van der Waals surface area contributed by atoms with Crippen LogP contribution < -0.4 is 15.0 Å². The van der Waals surface area contributed by atoms with Crippen molar-refractivity contribution in [3.8, 4) is 5.75 Å². The number of nitrogens with zero attached hydrogens (tertiary/aromatic N) is 5. The Hall–Kier alpha value is -2.49. The summed E-state index contributed by atoms with van der Waals surface area (Å²) < 4.78 is 39.1. The topological polar surface area (TPSA) is 67.6 Å². The minimum Gasteiger partial charge on any atom is -0.489 e. The molecule has 1 unspecified atom stereocenters. The Morgan fingerprint density at radius 3 is 2.76 bits per heavy atom. The second-order valence-electron chi connectivity index (χ2n) is 9.83. The van der Waals surface area contributed by atoms with Crippen molar-refractivity contribution in [3.63, 3.8) is 0 Å². The Balaban J connectivity index is 1.14. The fourth-order valence-electron chi connectivity index (χ4n) is 5.73. The molecule has 0 spiro atoms. The molecule has 33 heavy (non-hydrogen) atoms. The van der Waals surface area contributed by atoms with E-state index in [1.807, 2.05) is 25.3 Å². The highest BCUT2D eigenvalue weighted by Gasteiger charge is 2.43. The molecule has 0 radical (unpaired) electrons. The Morgan fingerprint density at radius 1 is 1.24 bits per heavy atom. The molecule has 0 aromatic carbocycles. The Labute approximate surface area is 195 Å². The highest BCUT2D eigenvalue weighted by molar-refractivity contribution is 7.10. The van der Waals surface area contributed by atoms with Crippen molar-refractivity contribution >= 4 is 28.1 Å². The van der Waals surface area contributed by atoms with Gasteiger partial charge in [0.05, 0.1) is 12.3 Å². The summed E-state index contributed by atoms with van der Waals surface area (Å²) in [6.45, 7) is 4.36. The maximum atomic E-state index is 13.5. The number of pyridine rings is 1. The van der Waals surface area contributed by atoms with Gasteiger partial charge in [-0.1, -0.05) is 0 Å². The molecule has 2 bridgehead atoms. The molecule has 3 aromatic rings. The molecule has 6 rings (SSSR count). The van der Waals surface area contributed by atoms with Gasteiger partial charge in [0.2, 0.25) is 11.9 Å². The van der Waals surface area contributed by atoms with Crippen LogP contribution in [0.3, 0.4) is 0 Å². The lowest BCUT2D eigenvalue weighted by Crippen LogP contribution is -2.48. The van der Waals surface area contributed by atoms with Gasteiger partial charge in [-0.25, -0.2) is 13.3 Å². The van der Waals surface area contributed by atoms with Crippen LogP contribution in [-0.2, 0) is 0 Å². The van der Waals surface area contributed by atoms with Gasteiger partial charge < -0.3 is 15.0 Å². The largest absolute Gasteiger partial charge is 0.489 e. The molecule has 4 heterocycles. The lowest BCUT2D eigenvalue weighted by atomic mass is 9.92. The second kappa shape index (κ2) is 8.07. The third-order valence-corrected chi connectivity index (χ3v) is 8.31. The smallest absolute Gasteiger partial charge is 0.248 e. The zero-order chi connectivity index (χ0) is 22.6. The molecule has 1 N–H and O–H groups in total. The summed E-state index contributed by atoms with van der Waals surface area (Å²) in [5.74, 6) is -0.409. The molecule has 10 heteroatoms. The maximum absolute atomic E-state index is 13.5. The van der Waals surface area contributed by atoms with E-state index in [2.05, 4.69) is 25.8 Å². The fraction of sp³-hybridized carbons (Fsp3) is 0.609. The van der Waals surface area contributed by atoms with E-state index in [9.17, 15) is 8.78 Å². The number of anilines is 2. The summed E-state index contributed by atoms with van der Waals surface area (Å²) in [7, 11) is 0. The Kier molecular flexibility index (Phi) is 5.15. The highest BCUT2D eigenvalue weighted by atomic mass is 32.1. The van der Waals surface area contributed by atoms with E-state index >= 15 is 0 Å². The predicted molar refractivity (Wildman–Crippen MR) is 123 cm³/mol. The van der Waals surface area contributed by atoms with E-state index in [1.165, 1.54) is 17.8 Å². The van der Waals surface area contributed by atoms with Gasteiger partial charge in [0.15, 0.2) is 11.4 Å². The van der Waals surface area contributed by atoms with Crippen molar-refractivity contribution in [2.45, 2.75) is 51.0 Å². The number of hydrogen-bond donors (Lipinski definition) is 1. The average Bonchev–Trinajstić information content (AvgIpc) is 3.53. The third kappa shape index (κ3) is 4.13. The molecule has 2 aliphatic carbocycles. The third-order valence-electron chi connectivity index (χ3n) is 7.36. The van der Waals surface area contributed by atoms with Gasteiger partial charge in [-0.05, 0) is 73.7 Å². The van der Waals surface area contributed by atoms with Gasteiger partial charge in [-0.2, -0.15) is 9.36 Å². The maximum Gasteiger partial charge on any atom is 0.248 e. The summed E-state index contributed by atoms with van der Waals surface area (Å²) in [4.78, 5) is 7.18. The number of halogens is 2. The van der Waals surface area contributed by atoms with Crippen molar-refractivity contribution in [1.82, 2.24) is 19.0 Å². The molecular weight excluding hydrogens is 446 g/mol. The van der Waals surface area contributed by atoms with Crippen LogP contribution in [0.4, 0.5) is 19.7 Å². The van der Waals surface area contributed by atoms with Gasteiger partial charge in [-0.15, -0.1) is 5.10 Å². The number of ether oxygens (including phenoxy) is 1. The van der Waals surface area contributed by atoms with E-state index in [0.29, 0.717) is 41.6 Å². The first-order chi connectivity index (χ1) is 15.9. The van der Waals surface area contributed by atoms with E-state index in [4.69, 9.17) is 9.72 Å². The summed E-state index contributed by atoms with van der Waals surface area (Å²) in [6.07, 6.45) is 4.59. The first-order valence-electron chi connectivity index (χ1n) is 11.7. The van der Waals surface area contributed by atoms with Gasteiger partial charge in [0.25, 0.3) is 0 Å². The standard InChI is InChI=1S/C23H28F2N6OS/c1-14-9-19(33-29-14)30-11-16-4-5-17(12-30)20(16)26-22-27-21-18(3-2-8-31(21)28-22)32-13-15-6-7-23(24,25)10-15/h2-3,8-9,15-17,20H,4-7,10-13H2,1H3,(H,26,28)/t15?,16-,17+,20-. The van der Waals surface area contributed by atoms with Crippen LogP contribution in [0.2, 0.25) is 0 Å². The lowest BCUT2D eigenvalue weighted by Gasteiger charge is -2.38. The number of fused-ring (bicyclic) bond motifs is 3. The number of aromatic nitrogens is 4. The number of hydrogen-bond acceptors (Lipinski definition) is 7. The summed E-state index contributed by atoms with van der Waals surface area (Å²) >= 11 is 1.58. The first kappa shape index (κ1) is 21.1. The predicted octanol–water partition coefficient (Wildman–Crippen LogP) is 4.64. The molecule has 7 nitrogen and oxygen atoms in total. The van der Waals surface area contributed by atoms with Crippen LogP contribution in [0.1, 0.15) is 37.8 Å². The summed E-state index contributed by atoms with van der Waals surface area (Å²) in [6, 6.07) is 6.21. The number of nitrogens with one attached hydrogen (secondary N) is 1. The second-order valence-corrected chi connectivity index (χ2v) is 10.6. The van der Waals surface area contributed by atoms with Crippen molar-refractivity contribution in [2.75, 3.05) is 29.9 Å². The Bertz CT molecular complexity index is 1140. The van der Waals surface area contributed by atoms with Crippen LogP contribution in [-0.4, -0.2) is 50.6 Å². The van der Waals surface area contributed by atoms with E-state index in [-0.39, 0.29) is 25.4 Å². The van der Waals surface area contributed by atoms with Crippen molar-refractivity contribution in [3.05, 3.63) is 30.1 Å². The molecular formula is C23H28F2N6OS. The van der Waals surface area contributed by atoms with Gasteiger partial charge in [0, 0.05) is 38.2 Å². The summed E-state index contributed by atoms with van der Waals surface area (Å²) in [5, 5.41) is 9.49. The highest BCUT2D eigenvalue weighted by Crippen LogP contribution is 2.41. The van der Waals surface area contributed by atoms with Crippen LogP contribution in [0, 0.1) is 24.7 Å². The number of aryl methyl sites for hydroxylation is 1. The molecule has 0 amide bonds. The first-order valence-corrected chi connectivity index (χ1v) is 12.5. The van der Waals surface area contributed by atoms with Crippen molar-refractivity contribution < 1.29 is 13.5 Å². The SMILES string of the molecule is Cc1cc(N2C[C@H]3CC[C@@H](C2)[C@@H]3Nc2nc3c(OCC4CCC(F)(F)C4)cccn3n2)sn1. The number of piperidine rings is 1. The number of rotatable bonds is 6. The minimum absolute atomic E-state index is 0.0476. The Morgan fingerprint density at radius 2 is 2.06 bits per heavy atom. The molecule has 4 atom stereocenters. The van der Waals surface area contributed by atoms with Crippen LogP contribution >= 0.6 is 11.5 Å². The zero-order valence-corrected chi connectivity index (χ0v) is 19.4. The van der Waals surface area contributed by atoms with Gasteiger partial charge in [0.1, 0.15) is 5.00 Å². The van der Waals surface area contributed by atoms with E-state index in [0.717, 1.165) is 18.8 Å². The van der Waals surface area contributed by atoms with Crippen LogP contribution in [0.15, 0.2) is 24.4 Å². The average molecular weight is 475 g/mol. The van der Waals surface area contributed by atoms with Crippen molar-refractivity contribution in [2.24, 2.45) is 17.8 Å². The molecule has 3 aromatic heterocycles. The molecule has 3 fully saturated rings. The van der Waals surface area contributed by atoms with Crippen LogP contribution in [0.25, 0.3) is 5.65 Å². The number of alkyl halides is 2. The van der Waals surface area contributed by atoms with E-state index < -0.39 is 5.92 Å². The quantitative estimate of drug-likeness (QED) is 0.562. The zero-order valence-electron chi connectivity index (χ0n) is 18.6. The van der Waals surface area contributed by atoms with Gasteiger partial charge >= 0.3 is 0 Å². The van der Waals surface area contributed by atoms with Crippen LogP contribution in [0.5, 0.6) is 5.75 Å².